The van der Waals surface area contributed by atoms with Gasteiger partial charge in [-0.15, -0.1) is 0 Å². The number of rotatable bonds is 8. The zero-order valence-corrected chi connectivity index (χ0v) is 19.5. The first-order valence-electron chi connectivity index (χ1n) is 9.69. The molecule has 0 radical (unpaired) electrons. The van der Waals surface area contributed by atoms with Crippen LogP contribution in [0, 0.1) is 0 Å². The number of hydrogen-bond donors (Lipinski definition) is 2. The predicted molar refractivity (Wildman–Crippen MR) is 119 cm³/mol. The lowest BCUT2D eigenvalue weighted by Gasteiger charge is -2.21. The van der Waals surface area contributed by atoms with Crippen LogP contribution in [0.3, 0.4) is 0 Å². The van der Waals surface area contributed by atoms with E-state index in [-0.39, 0.29) is 21.6 Å². The Morgan fingerprint density at radius 2 is 1.73 bits per heavy atom. The minimum absolute atomic E-state index is 0.0551. The molecule has 0 fully saturated rings. The van der Waals surface area contributed by atoms with Gasteiger partial charge in [0.15, 0.2) is 0 Å². The first-order valence-corrected chi connectivity index (χ1v) is 11.6. The summed E-state index contributed by atoms with van der Waals surface area (Å²) in [5.74, 6) is -0.390. The summed E-state index contributed by atoms with van der Waals surface area (Å²) in [5, 5.41) is 2.89. The highest BCUT2D eigenvalue weighted by molar-refractivity contribution is 7.89. The molecule has 0 bridgehead atoms. The van der Waals surface area contributed by atoms with Gasteiger partial charge in [0.2, 0.25) is 10.0 Å². The highest BCUT2D eigenvalue weighted by atomic mass is 35.5. The van der Waals surface area contributed by atoms with Crippen molar-refractivity contribution < 1.29 is 17.9 Å². The third-order valence-corrected chi connectivity index (χ3v) is 6.29. The van der Waals surface area contributed by atoms with Crippen LogP contribution in [-0.4, -0.2) is 26.0 Å². The van der Waals surface area contributed by atoms with Crippen LogP contribution in [0.25, 0.3) is 0 Å². The maximum absolute atomic E-state index is 12.7. The van der Waals surface area contributed by atoms with Crippen LogP contribution in [0.2, 0.25) is 5.02 Å². The summed E-state index contributed by atoms with van der Waals surface area (Å²) in [6.45, 7) is 9.86. The van der Waals surface area contributed by atoms with E-state index < -0.39 is 21.5 Å². The molecular weight excluding hydrogens is 424 g/mol. The first kappa shape index (κ1) is 24.3. The van der Waals surface area contributed by atoms with Crippen LogP contribution in [0.4, 0.5) is 0 Å². The average molecular weight is 453 g/mol. The molecule has 2 N–H and O–H groups in total. The quantitative estimate of drug-likeness (QED) is 0.626. The van der Waals surface area contributed by atoms with Gasteiger partial charge in [-0.3, -0.25) is 4.79 Å². The molecule has 6 nitrogen and oxygen atoms in total. The van der Waals surface area contributed by atoms with Gasteiger partial charge < -0.3 is 10.1 Å². The van der Waals surface area contributed by atoms with Crippen molar-refractivity contribution in [2.75, 3.05) is 0 Å². The van der Waals surface area contributed by atoms with Gasteiger partial charge in [-0.05, 0) is 63.9 Å². The number of benzene rings is 2. The first-order chi connectivity index (χ1) is 13.9. The van der Waals surface area contributed by atoms with Gasteiger partial charge in [-0.2, -0.15) is 0 Å². The SMILES string of the molecule is CC(C)OCc1ccccc1CNC(=O)c1ccc(Cl)c(S(=O)(=O)NC(C)(C)C)c1. The fourth-order valence-corrected chi connectivity index (χ4v) is 4.66. The van der Waals surface area contributed by atoms with E-state index in [4.69, 9.17) is 16.3 Å². The maximum atomic E-state index is 12.7. The van der Waals surface area contributed by atoms with E-state index in [0.717, 1.165) is 11.1 Å². The van der Waals surface area contributed by atoms with E-state index in [1.165, 1.54) is 18.2 Å². The number of carbonyl (C=O) groups excluding carboxylic acids is 1. The number of halogens is 1. The van der Waals surface area contributed by atoms with Crippen LogP contribution in [0.5, 0.6) is 0 Å². The molecule has 0 aromatic heterocycles. The Morgan fingerprint density at radius 1 is 1.10 bits per heavy atom. The summed E-state index contributed by atoms with van der Waals surface area (Å²) < 4.78 is 33.5. The molecule has 2 aromatic carbocycles. The fourth-order valence-electron chi connectivity index (χ4n) is 2.71. The maximum Gasteiger partial charge on any atom is 0.251 e. The van der Waals surface area contributed by atoms with Crippen molar-refractivity contribution in [1.82, 2.24) is 10.0 Å². The van der Waals surface area contributed by atoms with E-state index in [2.05, 4.69) is 10.0 Å². The Bertz CT molecular complexity index is 998. The number of carbonyl (C=O) groups is 1. The molecule has 0 atom stereocenters. The Morgan fingerprint density at radius 3 is 2.33 bits per heavy atom. The average Bonchev–Trinajstić information content (AvgIpc) is 2.63. The van der Waals surface area contributed by atoms with Gasteiger partial charge in [0.05, 0.1) is 17.7 Å². The van der Waals surface area contributed by atoms with E-state index in [0.29, 0.717) is 13.2 Å². The molecule has 0 saturated carbocycles. The standard InChI is InChI=1S/C22H29ClN2O4S/c1-15(2)29-14-18-9-7-6-8-17(18)13-24-21(26)16-10-11-19(23)20(12-16)30(27,28)25-22(3,4)5/h6-12,15,25H,13-14H2,1-5H3,(H,24,26). The number of nitrogens with one attached hydrogen (secondary N) is 2. The Labute approximate surface area is 184 Å². The van der Waals surface area contributed by atoms with Crippen molar-refractivity contribution in [1.29, 1.82) is 0 Å². The molecule has 0 saturated heterocycles. The lowest BCUT2D eigenvalue weighted by Crippen LogP contribution is -2.40. The van der Waals surface area contributed by atoms with Crippen molar-refractivity contribution in [3.63, 3.8) is 0 Å². The molecule has 1 amide bonds. The largest absolute Gasteiger partial charge is 0.374 e. The van der Waals surface area contributed by atoms with E-state index in [1.54, 1.807) is 20.8 Å². The second-order valence-electron chi connectivity index (χ2n) is 8.31. The third-order valence-electron chi connectivity index (χ3n) is 4.05. The van der Waals surface area contributed by atoms with Crippen molar-refractivity contribution >= 4 is 27.5 Å². The van der Waals surface area contributed by atoms with Crippen molar-refractivity contribution in [3.8, 4) is 0 Å². The molecule has 0 aliphatic rings. The topological polar surface area (TPSA) is 84.5 Å². The fraction of sp³-hybridized carbons (Fsp3) is 0.409. The van der Waals surface area contributed by atoms with Gasteiger partial charge in [-0.1, -0.05) is 35.9 Å². The molecule has 2 rings (SSSR count). The number of hydrogen-bond acceptors (Lipinski definition) is 4. The molecule has 0 aliphatic carbocycles. The predicted octanol–water partition coefficient (Wildman–Crippen LogP) is 4.27. The number of amides is 1. The minimum Gasteiger partial charge on any atom is -0.374 e. The summed E-state index contributed by atoms with van der Waals surface area (Å²) in [7, 11) is -3.87. The van der Waals surface area contributed by atoms with E-state index >= 15 is 0 Å². The van der Waals surface area contributed by atoms with Crippen LogP contribution < -0.4 is 10.0 Å². The Hall–Kier alpha value is -1.93. The molecule has 30 heavy (non-hydrogen) atoms. The second kappa shape index (κ2) is 9.92. The van der Waals surface area contributed by atoms with E-state index in [9.17, 15) is 13.2 Å². The molecule has 0 aliphatic heterocycles. The lowest BCUT2D eigenvalue weighted by molar-refractivity contribution is 0.0651. The van der Waals surface area contributed by atoms with Gasteiger partial charge in [0.1, 0.15) is 4.90 Å². The van der Waals surface area contributed by atoms with Crippen LogP contribution in [-0.2, 0) is 27.9 Å². The summed E-state index contributed by atoms with van der Waals surface area (Å²) in [6.07, 6.45) is 0.101. The monoisotopic (exact) mass is 452 g/mol. The molecule has 164 valence electrons. The van der Waals surface area contributed by atoms with Crippen molar-refractivity contribution in [2.45, 2.75) is 64.3 Å². The van der Waals surface area contributed by atoms with Gasteiger partial charge in [0, 0.05) is 17.6 Å². The third kappa shape index (κ3) is 7.09. The van der Waals surface area contributed by atoms with Gasteiger partial charge >= 0.3 is 0 Å². The smallest absolute Gasteiger partial charge is 0.251 e. The minimum atomic E-state index is -3.87. The van der Waals surface area contributed by atoms with Crippen molar-refractivity contribution in [2.24, 2.45) is 0 Å². The molecule has 0 unspecified atom stereocenters. The summed E-state index contributed by atoms with van der Waals surface area (Å²) in [4.78, 5) is 12.5. The van der Waals surface area contributed by atoms with Crippen molar-refractivity contribution in [3.05, 3.63) is 64.2 Å². The summed E-state index contributed by atoms with van der Waals surface area (Å²) in [5.41, 5.74) is 1.45. The Balaban J connectivity index is 2.18. The zero-order valence-electron chi connectivity index (χ0n) is 18.0. The normalized spacial score (nSPS) is 12.2. The van der Waals surface area contributed by atoms with E-state index in [1.807, 2.05) is 38.1 Å². The second-order valence-corrected chi connectivity index (χ2v) is 10.4. The molecular formula is C22H29ClN2O4S. The summed E-state index contributed by atoms with van der Waals surface area (Å²) >= 11 is 6.10. The van der Waals surface area contributed by atoms with Gasteiger partial charge in [-0.25, -0.2) is 13.1 Å². The Kier molecular flexibility index (Phi) is 8.05. The molecule has 8 heteroatoms. The van der Waals surface area contributed by atoms with Crippen LogP contribution in [0.15, 0.2) is 47.4 Å². The van der Waals surface area contributed by atoms with Gasteiger partial charge in [0.25, 0.3) is 5.91 Å². The zero-order chi connectivity index (χ0) is 22.5. The molecule has 0 heterocycles. The highest BCUT2D eigenvalue weighted by Gasteiger charge is 2.25. The summed E-state index contributed by atoms with van der Waals surface area (Å²) in [6, 6.07) is 11.9. The highest BCUT2D eigenvalue weighted by Crippen LogP contribution is 2.24. The molecule has 2 aromatic rings. The lowest BCUT2D eigenvalue weighted by atomic mass is 10.1. The van der Waals surface area contributed by atoms with Crippen LogP contribution >= 0.6 is 11.6 Å². The number of ether oxygens (including phenoxy) is 1. The number of sulfonamides is 1. The molecule has 0 spiro atoms. The van der Waals surface area contributed by atoms with Crippen LogP contribution in [0.1, 0.15) is 56.1 Å².